The molecule has 7 aromatic carbocycles. The largest absolute Gasteiger partial charge is 0.309 e. The number of nitrogens with zero attached hydrogens (tertiary/aromatic N) is 5. The van der Waals surface area contributed by atoms with Crippen molar-refractivity contribution in [3.63, 3.8) is 0 Å². The smallest absolute Gasteiger partial charge is 0.182 e. The van der Waals surface area contributed by atoms with Gasteiger partial charge in [0.2, 0.25) is 0 Å². The van der Waals surface area contributed by atoms with Gasteiger partial charge in [0.1, 0.15) is 5.69 Å². The summed E-state index contributed by atoms with van der Waals surface area (Å²) in [6.07, 6.45) is 1.76. The van der Waals surface area contributed by atoms with E-state index in [1.54, 1.807) is 6.20 Å². The number of aromatic nitrogens is 4. The van der Waals surface area contributed by atoms with Gasteiger partial charge < -0.3 is 4.90 Å². The molecule has 10 rings (SSSR count). The molecule has 0 fully saturated rings. The zero-order chi connectivity index (χ0) is 33.4. The summed E-state index contributed by atoms with van der Waals surface area (Å²) in [5.41, 5.74) is 8.46. The number of hydrogen-bond acceptors (Lipinski definition) is 5. The fraction of sp³-hybridized carbons (Fsp3) is 0.0667. The Balaban J connectivity index is 1.17. The van der Waals surface area contributed by atoms with Gasteiger partial charge in [0.15, 0.2) is 17.5 Å². The van der Waals surface area contributed by atoms with E-state index >= 15 is 0 Å². The van der Waals surface area contributed by atoms with Gasteiger partial charge in [-0.25, -0.2) is 15.0 Å². The molecule has 236 valence electrons. The standard InChI is InChI=1S/C45H31N5/c1-45(2)35-15-6-7-17-38(35)50(41-34-25-22-29-14-10-13-28-18-19-32(27-36(41)45)40(34)39(28)29)33-23-20-31(21-24-33)43-47-42(30-11-4-3-5-12-30)48-44(49-43)37-16-8-9-26-46-37/h3-27H,1-2H3. The summed E-state index contributed by atoms with van der Waals surface area (Å²) in [7, 11) is 0. The van der Waals surface area contributed by atoms with Crippen LogP contribution in [0.5, 0.6) is 0 Å². The van der Waals surface area contributed by atoms with Crippen LogP contribution in [-0.2, 0) is 5.41 Å². The Kier molecular flexibility index (Phi) is 6.15. The van der Waals surface area contributed by atoms with E-state index in [2.05, 4.69) is 121 Å². The Bertz CT molecular complexity index is 2650. The summed E-state index contributed by atoms with van der Waals surface area (Å²) in [6.45, 7) is 4.71. The van der Waals surface area contributed by atoms with Crippen LogP contribution in [0.4, 0.5) is 17.1 Å². The van der Waals surface area contributed by atoms with Crippen molar-refractivity contribution >= 4 is 49.4 Å². The Morgan fingerprint density at radius 3 is 1.92 bits per heavy atom. The first-order chi connectivity index (χ1) is 24.5. The highest BCUT2D eigenvalue weighted by molar-refractivity contribution is 6.26. The summed E-state index contributed by atoms with van der Waals surface area (Å²) in [4.78, 5) is 21.7. The van der Waals surface area contributed by atoms with E-state index < -0.39 is 0 Å². The summed E-state index contributed by atoms with van der Waals surface area (Å²) < 4.78 is 0. The van der Waals surface area contributed by atoms with Gasteiger partial charge in [0.25, 0.3) is 0 Å². The van der Waals surface area contributed by atoms with Crippen LogP contribution in [0.25, 0.3) is 66.6 Å². The second kappa shape index (κ2) is 10.8. The third kappa shape index (κ3) is 4.26. The van der Waals surface area contributed by atoms with E-state index in [0.29, 0.717) is 23.2 Å². The summed E-state index contributed by atoms with van der Waals surface area (Å²) in [5, 5.41) is 7.72. The molecule has 0 radical (unpaired) electrons. The summed E-state index contributed by atoms with van der Waals surface area (Å²) in [6, 6.07) is 51.5. The molecule has 0 aliphatic carbocycles. The molecular weight excluding hydrogens is 611 g/mol. The topological polar surface area (TPSA) is 54.8 Å². The highest BCUT2D eigenvalue weighted by Crippen LogP contribution is 2.55. The molecule has 0 unspecified atom stereocenters. The van der Waals surface area contributed by atoms with E-state index in [4.69, 9.17) is 15.0 Å². The average molecular weight is 642 g/mol. The summed E-state index contributed by atoms with van der Waals surface area (Å²) in [5.74, 6) is 1.77. The van der Waals surface area contributed by atoms with Crippen LogP contribution >= 0.6 is 0 Å². The van der Waals surface area contributed by atoms with Gasteiger partial charge in [-0.1, -0.05) is 111 Å². The van der Waals surface area contributed by atoms with Gasteiger partial charge in [-0.3, -0.25) is 4.98 Å². The highest BCUT2D eigenvalue weighted by atomic mass is 15.2. The van der Waals surface area contributed by atoms with Crippen LogP contribution in [0.2, 0.25) is 0 Å². The second-order valence-electron chi connectivity index (χ2n) is 13.5. The predicted molar refractivity (Wildman–Crippen MR) is 204 cm³/mol. The average Bonchev–Trinajstić information content (AvgIpc) is 3.18. The highest BCUT2D eigenvalue weighted by Gasteiger charge is 2.38. The lowest BCUT2D eigenvalue weighted by Gasteiger charge is -2.43. The van der Waals surface area contributed by atoms with Crippen LogP contribution in [-0.4, -0.2) is 19.9 Å². The van der Waals surface area contributed by atoms with Crippen molar-refractivity contribution in [2.45, 2.75) is 19.3 Å². The van der Waals surface area contributed by atoms with Gasteiger partial charge in [-0.05, 0) is 86.6 Å². The number of rotatable bonds is 4. The van der Waals surface area contributed by atoms with E-state index in [9.17, 15) is 0 Å². The minimum atomic E-state index is -0.201. The lowest BCUT2D eigenvalue weighted by atomic mass is 9.72. The van der Waals surface area contributed by atoms with Crippen molar-refractivity contribution in [2.24, 2.45) is 0 Å². The zero-order valence-corrected chi connectivity index (χ0v) is 27.7. The number of fused-ring (bicyclic) bond motifs is 3. The number of para-hydroxylation sites is 1. The molecule has 0 spiro atoms. The fourth-order valence-electron chi connectivity index (χ4n) is 7.83. The molecule has 50 heavy (non-hydrogen) atoms. The Hall–Kier alpha value is -6.46. The Labute approximate surface area is 289 Å². The fourth-order valence-corrected chi connectivity index (χ4v) is 7.83. The second-order valence-corrected chi connectivity index (χ2v) is 13.5. The van der Waals surface area contributed by atoms with E-state index in [1.807, 2.05) is 48.5 Å². The molecule has 0 saturated carbocycles. The first-order valence-corrected chi connectivity index (χ1v) is 17.0. The molecule has 5 nitrogen and oxygen atoms in total. The molecular formula is C45H31N5. The normalized spacial score (nSPS) is 13.5. The van der Waals surface area contributed by atoms with Gasteiger partial charge in [-0.2, -0.15) is 0 Å². The molecule has 0 bridgehead atoms. The molecule has 0 saturated heterocycles. The Morgan fingerprint density at radius 2 is 1.16 bits per heavy atom. The molecule has 0 N–H and O–H groups in total. The molecule has 0 amide bonds. The van der Waals surface area contributed by atoms with Crippen molar-refractivity contribution in [2.75, 3.05) is 4.90 Å². The molecule has 0 atom stereocenters. The third-order valence-corrected chi connectivity index (χ3v) is 10.3. The van der Waals surface area contributed by atoms with Crippen LogP contribution in [0, 0.1) is 0 Å². The minimum absolute atomic E-state index is 0.201. The van der Waals surface area contributed by atoms with Crippen molar-refractivity contribution in [3.8, 4) is 34.3 Å². The zero-order valence-electron chi connectivity index (χ0n) is 27.7. The number of pyridine rings is 1. The van der Waals surface area contributed by atoms with Gasteiger partial charge >= 0.3 is 0 Å². The summed E-state index contributed by atoms with van der Waals surface area (Å²) >= 11 is 0. The van der Waals surface area contributed by atoms with E-state index in [-0.39, 0.29) is 5.41 Å². The number of hydrogen-bond donors (Lipinski definition) is 0. The molecule has 1 aliphatic heterocycles. The van der Waals surface area contributed by atoms with Crippen molar-refractivity contribution < 1.29 is 0 Å². The van der Waals surface area contributed by atoms with Gasteiger partial charge in [0.05, 0.1) is 11.4 Å². The molecule has 9 aromatic rings. The SMILES string of the molecule is CC1(C)c2ccccc2N(c2ccc(-c3nc(-c4ccccc4)nc(-c4ccccn4)n3)cc2)c2c1cc1ccc3cccc4ccc2c1c34. The van der Waals surface area contributed by atoms with Gasteiger partial charge in [-0.15, -0.1) is 0 Å². The maximum atomic E-state index is 4.96. The van der Waals surface area contributed by atoms with E-state index in [1.165, 1.54) is 54.8 Å². The molecule has 1 aliphatic rings. The quantitative estimate of drug-likeness (QED) is 0.179. The minimum Gasteiger partial charge on any atom is -0.309 e. The lowest BCUT2D eigenvalue weighted by Crippen LogP contribution is -2.30. The van der Waals surface area contributed by atoms with Crippen LogP contribution in [0.1, 0.15) is 25.0 Å². The first kappa shape index (κ1) is 28.5. The van der Waals surface area contributed by atoms with E-state index in [0.717, 1.165) is 16.8 Å². The van der Waals surface area contributed by atoms with Crippen molar-refractivity contribution in [1.82, 2.24) is 19.9 Å². The van der Waals surface area contributed by atoms with Crippen molar-refractivity contribution in [3.05, 3.63) is 163 Å². The molecule has 5 heteroatoms. The maximum Gasteiger partial charge on any atom is 0.182 e. The van der Waals surface area contributed by atoms with Crippen molar-refractivity contribution in [1.29, 1.82) is 0 Å². The third-order valence-electron chi connectivity index (χ3n) is 10.3. The van der Waals surface area contributed by atoms with Gasteiger partial charge in [0, 0.05) is 33.8 Å². The Morgan fingerprint density at radius 1 is 0.500 bits per heavy atom. The van der Waals surface area contributed by atoms with Crippen LogP contribution < -0.4 is 4.90 Å². The molecule has 2 aromatic heterocycles. The maximum absolute atomic E-state index is 4.96. The lowest BCUT2D eigenvalue weighted by molar-refractivity contribution is 0.634. The number of benzene rings is 7. The van der Waals surface area contributed by atoms with Crippen LogP contribution in [0.15, 0.2) is 152 Å². The number of anilines is 3. The molecule has 3 heterocycles. The monoisotopic (exact) mass is 641 g/mol. The first-order valence-electron chi connectivity index (χ1n) is 17.0. The predicted octanol–water partition coefficient (Wildman–Crippen LogP) is 11.3. The van der Waals surface area contributed by atoms with Crippen LogP contribution in [0.3, 0.4) is 0 Å².